The van der Waals surface area contributed by atoms with Gasteiger partial charge in [-0.05, 0) is 68.7 Å². The van der Waals surface area contributed by atoms with Crippen molar-refractivity contribution in [2.75, 3.05) is 35.7 Å². The number of benzene rings is 1. The van der Waals surface area contributed by atoms with Crippen molar-refractivity contribution in [2.24, 2.45) is 5.92 Å². The zero-order valence-corrected chi connectivity index (χ0v) is 17.9. The van der Waals surface area contributed by atoms with Crippen molar-refractivity contribution >= 4 is 23.2 Å². The molecule has 7 nitrogen and oxygen atoms in total. The summed E-state index contributed by atoms with van der Waals surface area (Å²) in [4.78, 5) is 23.6. The topological polar surface area (TPSA) is 79.4 Å². The third-order valence-electron chi connectivity index (χ3n) is 5.91. The molecular formula is C23H31N5O2. The fourth-order valence-electron chi connectivity index (χ4n) is 4.00. The molecule has 1 amide bonds. The largest absolute Gasteiger partial charge is 0.497 e. The van der Waals surface area contributed by atoms with E-state index >= 15 is 0 Å². The first-order valence-electron chi connectivity index (χ1n) is 10.9. The van der Waals surface area contributed by atoms with E-state index in [1.54, 1.807) is 13.4 Å². The first kappa shape index (κ1) is 20.4. The summed E-state index contributed by atoms with van der Waals surface area (Å²) < 4.78 is 5.23. The Morgan fingerprint density at radius 1 is 1.23 bits per heavy atom. The van der Waals surface area contributed by atoms with Crippen molar-refractivity contribution in [1.29, 1.82) is 0 Å². The van der Waals surface area contributed by atoms with E-state index in [0.717, 1.165) is 61.0 Å². The lowest BCUT2D eigenvalue weighted by molar-refractivity contribution is -0.116. The monoisotopic (exact) mass is 409 g/mol. The number of amides is 1. The number of anilines is 3. The van der Waals surface area contributed by atoms with Crippen molar-refractivity contribution in [2.45, 2.75) is 51.5 Å². The Bertz CT molecular complexity index is 884. The normalized spacial score (nSPS) is 18.7. The Labute approximate surface area is 178 Å². The average molecular weight is 410 g/mol. The standard InChI is InChI=1S/C23H31N5O2/c1-16-12-19(30-2)8-9-20(16)27-23(29)10-5-17-4-3-11-28(14-17)22-13-21(24-15-25-22)26-18-6-7-18/h8-9,12-13,15,17-18H,3-7,10-11,14H2,1-2H3,(H,27,29)(H,24,25,26)/t17-/m0/s1. The third kappa shape index (κ3) is 5.40. The number of nitrogens with one attached hydrogen (secondary N) is 2. The highest BCUT2D eigenvalue weighted by Gasteiger charge is 2.24. The molecule has 1 saturated carbocycles. The number of aryl methyl sites for hydroxylation is 1. The van der Waals surface area contributed by atoms with Gasteiger partial charge in [-0.2, -0.15) is 0 Å². The second kappa shape index (κ2) is 9.32. The molecule has 4 rings (SSSR count). The number of rotatable bonds is 8. The molecule has 0 bridgehead atoms. The van der Waals surface area contributed by atoms with Gasteiger partial charge >= 0.3 is 0 Å². The number of methoxy groups -OCH3 is 1. The molecule has 0 unspecified atom stereocenters. The lowest BCUT2D eigenvalue weighted by Crippen LogP contribution is -2.36. The summed E-state index contributed by atoms with van der Waals surface area (Å²) in [6, 6.07) is 8.34. The zero-order chi connectivity index (χ0) is 20.9. The van der Waals surface area contributed by atoms with Gasteiger partial charge in [-0.15, -0.1) is 0 Å². The Balaban J connectivity index is 1.28. The van der Waals surface area contributed by atoms with Crippen LogP contribution in [0.2, 0.25) is 0 Å². The predicted molar refractivity (Wildman–Crippen MR) is 119 cm³/mol. The molecule has 1 aliphatic heterocycles. The zero-order valence-electron chi connectivity index (χ0n) is 17.9. The van der Waals surface area contributed by atoms with Crippen molar-refractivity contribution < 1.29 is 9.53 Å². The number of carbonyl (C=O) groups excluding carboxylic acids is 1. The number of hydrogen-bond donors (Lipinski definition) is 2. The molecule has 1 aromatic carbocycles. The van der Waals surface area contributed by atoms with Gasteiger partial charge < -0.3 is 20.3 Å². The number of piperidine rings is 1. The number of hydrogen-bond acceptors (Lipinski definition) is 6. The molecule has 1 aromatic heterocycles. The second-order valence-corrected chi connectivity index (χ2v) is 8.40. The van der Waals surface area contributed by atoms with Gasteiger partial charge in [-0.3, -0.25) is 4.79 Å². The molecule has 2 aromatic rings. The van der Waals surface area contributed by atoms with Crippen molar-refractivity contribution in [1.82, 2.24) is 9.97 Å². The predicted octanol–water partition coefficient (Wildman–Crippen LogP) is 4.00. The van der Waals surface area contributed by atoms with Crippen LogP contribution in [0.5, 0.6) is 5.75 Å². The van der Waals surface area contributed by atoms with Crippen molar-refractivity contribution in [3.05, 3.63) is 36.2 Å². The van der Waals surface area contributed by atoms with Gasteiger partial charge in [0, 0.05) is 37.3 Å². The van der Waals surface area contributed by atoms with Crippen LogP contribution < -0.4 is 20.3 Å². The molecule has 2 N–H and O–H groups in total. The smallest absolute Gasteiger partial charge is 0.224 e. The maximum Gasteiger partial charge on any atom is 0.224 e. The first-order chi connectivity index (χ1) is 14.6. The van der Waals surface area contributed by atoms with Crippen LogP contribution in [0, 0.1) is 12.8 Å². The highest BCUT2D eigenvalue weighted by atomic mass is 16.5. The molecule has 2 heterocycles. The van der Waals surface area contributed by atoms with Crippen LogP contribution in [-0.4, -0.2) is 42.1 Å². The van der Waals surface area contributed by atoms with E-state index in [2.05, 4.69) is 31.6 Å². The van der Waals surface area contributed by atoms with E-state index < -0.39 is 0 Å². The van der Waals surface area contributed by atoms with E-state index in [1.807, 2.05) is 25.1 Å². The third-order valence-corrected chi connectivity index (χ3v) is 5.91. The van der Waals surface area contributed by atoms with Crippen LogP contribution in [0.15, 0.2) is 30.6 Å². The van der Waals surface area contributed by atoms with E-state index in [0.29, 0.717) is 18.4 Å². The SMILES string of the molecule is COc1ccc(NC(=O)CC[C@@H]2CCCN(c3cc(NC4CC4)ncn3)C2)c(C)c1. The summed E-state index contributed by atoms with van der Waals surface area (Å²) in [6.45, 7) is 3.92. The molecule has 1 saturated heterocycles. The summed E-state index contributed by atoms with van der Waals surface area (Å²) in [5, 5.41) is 6.48. The minimum atomic E-state index is 0.0679. The molecule has 30 heavy (non-hydrogen) atoms. The van der Waals surface area contributed by atoms with Gasteiger partial charge in [-0.1, -0.05) is 0 Å². The van der Waals surface area contributed by atoms with E-state index in [-0.39, 0.29) is 5.91 Å². The van der Waals surface area contributed by atoms with Crippen LogP contribution in [0.3, 0.4) is 0 Å². The van der Waals surface area contributed by atoms with Crippen molar-refractivity contribution in [3.8, 4) is 5.75 Å². The number of aromatic nitrogens is 2. The van der Waals surface area contributed by atoms with Gasteiger partial charge in [0.25, 0.3) is 0 Å². The minimum absolute atomic E-state index is 0.0679. The first-order valence-corrected chi connectivity index (χ1v) is 10.9. The molecule has 160 valence electrons. The Morgan fingerprint density at radius 2 is 2.10 bits per heavy atom. The van der Waals surface area contributed by atoms with Crippen LogP contribution in [-0.2, 0) is 4.79 Å². The highest BCUT2D eigenvalue weighted by molar-refractivity contribution is 5.91. The van der Waals surface area contributed by atoms with Gasteiger partial charge in [-0.25, -0.2) is 9.97 Å². The Hall–Kier alpha value is -2.83. The summed E-state index contributed by atoms with van der Waals surface area (Å²) in [7, 11) is 1.65. The summed E-state index contributed by atoms with van der Waals surface area (Å²) in [5.74, 6) is 3.26. The van der Waals surface area contributed by atoms with Crippen LogP contribution in [0.4, 0.5) is 17.3 Å². The molecule has 2 aliphatic rings. The number of nitrogens with zero attached hydrogens (tertiary/aromatic N) is 3. The summed E-state index contributed by atoms with van der Waals surface area (Å²) >= 11 is 0. The Morgan fingerprint density at radius 3 is 2.87 bits per heavy atom. The maximum atomic E-state index is 12.5. The quantitative estimate of drug-likeness (QED) is 0.686. The molecule has 2 fully saturated rings. The maximum absolute atomic E-state index is 12.5. The van der Waals surface area contributed by atoms with Crippen LogP contribution in [0.1, 0.15) is 44.1 Å². The molecule has 0 radical (unpaired) electrons. The fraction of sp³-hybridized carbons (Fsp3) is 0.522. The summed E-state index contributed by atoms with van der Waals surface area (Å²) in [6.07, 6.45) is 7.79. The van der Waals surface area contributed by atoms with Crippen LogP contribution in [0.25, 0.3) is 0 Å². The second-order valence-electron chi connectivity index (χ2n) is 8.40. The molecule has 7 heteroatoms. The average Bonchev–Trinajstić information content (AvgIpc) is 3.58. The molecule has 1 aliphatic carbocycles. The fourth-order valence-corrected chi connectivity index (χ4v) is 4.00. The van der Waals surface area contributed by atoms with E-state index in [1.165, 1.54) is 12.8 Å². The minimum Gasteiger partial charge on any atom is -0.497 e. The van der Waals surface area contributed by atoms with Gasteiger partial charge in [0.1, 0.15) is 23.7 Å². The molecule has 0 spiro atoms. The van der Waals surface area contributed by atoms with Crippen molar-refractivity contribution in [3.63, 3.8) is 0 Å². The van der Waals surface area contributed by atoms with Gasteiger partial charge in [0.15, 0.2) is 0 Å². The van der Waals surface area contributed by atoms with E-state index in [9.17, 15) is 4.79 Å². The lowest BCUT2D eigenvalue weighted by atomic mass is 9.93. The Kier molecular flexibility index (Phi) is 6.35. The molecular weight excluding hydrogens is 378 g/mol. The van der Waals surface area contributed by atoms with E-state index in [4.69, 9.17) is 4.74 Å². The number of carbonyl (C=O) groups is 1. The summed E-state index contributed by atoms with van der Waals surface area (Å²) in [5.41, 5.74) is 1.86. The lowest BCUT2D eigenvalue weighted by Gasteiger charge is -2.33. The van der Waals surface area contributed by atoms with Gasteiger partial charge in [0.2, 0.25) is 5.91 Å². The highest BCUT2D eigenvalue weighted by Crippen LogP contribution is 2.28. The number of ether oxygens (including phenoxy) is 1. The molecule has 1 atom stereocenters. The van der Waals surface area contributed by atoms with Crippen LogP contribution >= 0.6 is 0 Å². The van der Waals surface area contributed by atoms with Gasteiger partial charge in [0.05, 0.1) is 7.11 Å².